The second-order valence-electron chi connectivity index (χ2n) is 6.24. The van der Waals surface area contributed by atoms with E-state index in [4.69, 9.17) is 9.47 Å². The van der Waals surface area contributed by atoms with Gasteiger partial charge in [0, 0.05) is 0 Å². The van der Waals surface area contributed by atoms with Crippen molar-refractivity contribution in [3.05, 3.63) is 0 Å². The molecule has 0 aliphatic heterocycles. The van der Waals surface area contributed by atoms with Crippen LogP contribution in [-0.4, -0.2) is 24.6 Å². The maximum absolute atomic E-state index is 12.5. The molecular formula is C18H32O4. The lowest BCUT2D eigenvalue weighted by atomic mass is 9.79. The Bertz CT molecular complexity index is 340. The van der Waals surface area contributed by atoms with Gasteiger partial charge in [-0.1, -0.05) is 46.0 Å². The average molecular weight is 312 g/mol. The van der Waals surface area contributed by atoms with Crippen LogP contribution in [0.25, 0.3) is 0 Å². The van der Waals surface area contributed by atoms with Gasteiger partial charge >= 0.3 is 11.9 Å². The van der Waals surface area contributed by atoms with E-state index in [2.05, 4.69) is 13.8 Å². The Labute approximate surface area is 134 Å². The molecule has 4 nitrogen and oxygen atoms in total. The molecule has 3 atom stereocenters. The standard InChI is InChI=1S/C18H32O4/c1-4-7-11-14(10-5-2)22-18(20)16-13-9-8-12-15(16)17(19)21-6-3/h14-16H,4-13H2,1-3H3. The summed E-state index contributed by atoms with van der Waals surface area (Å²) in [5, 5.41) is 0. The molecule has 0 heterocycles. The normalized spacial score (nSPS) is 22.9. The highest BCUT2D eigenvalue weighted by molar-refractivity contribution is 5.82. The highest BCUT2D eigenvalue weighted by Crippen LogP contribution is 2.32. The quantitative estimate of drug-likeness (QED) is 0.597. The zero-order valence-corrected chi connectivity index (χ0v) is 14.4. The molecule has 4 heteroatoms. The molecule has 0 amide bonds. The predicted octanol–water partition coefficient (Wildman–Crippen LogP) is 4.26. The molecule has 128 valence electrons. The van der Waals surface area contributed by atoms with Crippen LogP contribution in [0.2, 0.25) is 0 Å². The Balaban J connectivity index is 2.63. The van der Waals surface area contributed by atoms with Crippen LogP contribution in [0.5, 0.6) is 0 Å². The Kier molecular flexibility index (Phi) is 9.17. The molecule has 0 radical (unpaired) electrons. The van der Waals surface area contributed by atoms with E-state index >= 15 is 0 Å². The summed E-state index contributed by atoms with van der Waals surface area (Å²) < 4.78 is 10.9. The van der Waals surface area contributed by atoms with E-state index in [9.17, 15) is 9.59 Å². The first kappa shape index (κ1) is 19.0. The van der Waals surface area contributed by atoms with Crippen molar-refractivity contribution in [3.8, 4) is 0 Å². The van der Waals surface area contributed by atoms with E-state index in [1.807, 2.05) is 0 Å². The fraction of sp³-hybridized carbons (Fsp3) is 0.889. The van der Waals surface area contributed by atoms with Gasteiger partial charge in [-0.2, -0.15) is 0 Å². The number of ether oxygens (including phenoxy) is 2. The van der Waals surface area contributed by atoms with Crippen LogP contribution in [0.4, 0.5) is 0 Å². The van der Waals surface area contributed by atoms with E-state index in [0.717, 1.165) is 57.8 Å². The lowest BCUT2D eigenvalue weighted by molar-refractivity contribution is -0.166. The monoisotopic (exact) mass is 312 g/mol. The Morgan fingerprint density at radius 3 is 2.14 bits per heavy atom. The van der Waals surface area contributed by atoms with Crippen LogP contribution in [-0.2, 0) is 19.1 Å². The third-order valence-electron chi connectivity index (χ3n) is 4.43. The molecule has 0 aromatic carbocycles. The van der Waals surface area contributed by atoms with Gasteiger partial charge in [-0.25, -0.2) is 0 Å². The first-order chi connectivity index (χ1) is 10.6. The maximum Gasteiger partial charge on any atom is 0.310 e. The number of hydrogen-bond acceptors (Lipinski definition) is 4. The number of hydrogen-bond donors (Lipinski definition) is 0. The highest BCUT2D eigenvalue weighted by atomic mass is 16.5. The number of carbonyl (C=O) groups excluding carboxylic acids is 2. The summed E-state index contributed by atoms with van der Waals surface area (Å²) in [4.78, 5) is 24.6. The Hall–Kier alpha value is -1.06. The van der Waals surface area contributed by atoms with Gasteiger partial charge in [-0.15, -0.1) is 0 Å². The summed E-state index contributed by atoms with van der Waals surface area (Å²) in [6.07, 6.45) is 8.48. The van der Waals surface area contributed by atoms with Gasteiger partial charge in [0.15, 0.2) is 0 Å². The fourth-order valence-electron chi connectivity index (χ4n) is 3.21. The molecule has 3 unspecified atom stereocenters. The third-order valence-corrected chi connectivity index (χ3v) is 4.43. The smallest absolute Gasteiger partial charge is 0.310 e. The predicted molar refractivity (Wildman–Crippen MR) is 86.4 cm³/mol. The van der Waals surface area contributed by atoms with Gasteiger partial charge < -0.3 is 9.47 Å². The van der Waals surface area contributed by atoms with Crippen molar-refractivity contribution in [1.29, 1.82) is 0 Å². The van der Waals surface area contributed by atoms with Gasteiger partial charge in [-0.05, 0) is 32.6 Å². The lowest BCUT2D eigenvalue weighted by Gasteiger charge is -2.29. The van der Waals surface area contributed by atoms with E-state index in [1.54, 1.807) is 6.92 Å². The number of unbranched alkanes of at least 4 members (excludes halogenated alkanes) is 1. The molecule has 22 heavy (non-hydrogen) atoms. The minimum atomic E-state index is -0.311. The van der Waals surface area contributed by atoms with Crippen molar-refractivity contribution in [2.75, 3.05) is 6.61 Å². The third kappa shape index (κ3) is 5.98. The summed E-state index contributed by atoms with van der Waals surface area (Å²) in [6, 6.07) is 0. The highest BCUT2D eigenvalue weighted by Gasteiger charge is 2.38. The molecule has 0 N–H and O–H groups in total. The average Bonchev–Trinajstić information content (AvgIpc) is 2.53. The molecule has 1 rings (SSSR count). The number of esters is 2. The first-order valence-corrected chi connectivity index (χ1v) is 9.01. The maximum atomic E-state index is 12.5. The Morgan fingerprint density at radius 2 is 1.59 bits per heavy atom. The fourth-order valence-corrected chi connectivity index (χ4v) is 3.21. The van der Waals surface area contributed by atoms with E-state index in [1.165, 1.54) is 0 Å². The molecule has 0 aromatic heterocycles. The largest absolute Gasteiger partial charge is 0.466 e. The summed E-state index contributed by atoms with van der Waals surface area (Å²) >= 11 is 0. The van der Waals surface area contributed by atoms with Gasteiger partial charge in [0.2, 0.25) is 0 Å². The van der Waals surface area contributed by atoms with Crippen LogP contribution < -0.4 is 0 Å². The molecule has 1 saturated carbocycles. The second kappa shape index (κ2) is 10.6. The molecule has 0 saturated heterocycles. The van der Waals surface area contributed by atoms with Crippen LogP contribution in [0.1, 0.15) is 78.6 Å². The minimum absolute atomic E-state index is 0.00206. The van der Waals surface area contributed by atoms with Gasteiger partial charge in [0.25, 0.3) is 0 Å². The lowest BCUT2D eigenvalue weighted by Crippen LogP contribution is -2.36. The van der Waals surface area contributed by atoms with Crippen LogP contribution in [0.3, 0.4) is 0 Å². The van der Waals surface area contributed by atoms with Gasteiger partial charge in [0.1, 0.15) is 6.10 Å². The van der Waals surface area contributed by atoms with E-state index in [-0.39, 0.29) is 29.9 Å². The second-order valence-corrected chi connectivity index (χ2v) is 6.24. The van der Waals surface area contributed by atoms with Crippen molar-refractivity contribution < 1.29 is 19.1 Å². The summed E-state index contributed by atoms with van der Waals surface area (Å²) in [5.74, 6) is -1.04. The van der Waals surface area contributed by atoms with Gasteiger partial charge in [0.05, 0.1) is 18.4 Å². The van der Waals surface area contributed by atoms with Gasteiger partial charge in [-0.3, -0.25) is 9.59 Å². The van der Waals surface area contributed by atoms with Crippen LogP contribution in [0, 0.1) is 11.8 Å². The molecule has 0 bridgehead atoms. The number of rotatable bonds is 9. The summed E-state index contributed by atoms with van der Waals surface area (Å²) in [6.45, 7) is 6.42. The summed E-state index contributed by atoms with van der Waals surface area (Å²) in [5.41, 5.74) is 0. The SMILES string of the molecule is CCCCC(CCC)OC(=O)C1CCCCC1C(=O)OCC. The molecule has 1 aliphatic carbocycles. The number of carbonyl (C=O) groups is 2. The van der Waals surface area contributed by atoms with Crippen molar-refractivity contribution in [2.45, 2.75) is 84.7 Å². The zero-order valence-electron chi connectivity index (χ0n) is 14.4. The minimum Gasteiger partial charge on any atom is -0.466 e. The Morgan fingerprint density at radius 1 is 0.955 bits per heavy atom. The first-order valence-electron chi connectivity index (χ1n) is 9.01. The van der Waals surface area contributed by atoms with Crippen molar-refractivity contribution >= 4 is 11.9 Å². The van der Waals surface area contributed by atoms with Crippen LogP contribution >= 0.6 is 0 Å². The molecule has 0 aromatic rings. The molecular weight excluding hydrogens is 280 g/mol. The molecule has 1 fully saturated rings. The summed E-state index contributed by atoms with van der Waals surface area (Å²) in [7, 11) is 0. The van der Waals surface area contributed by atoms with Crippen molar-refractivity contribution in [3.63, 3.8) is 0 Å². The molecule has 0 spiro atoms. The van der Waals surface area contributed by atoms with Crippen molar-refractivity contribution in [1.82, 2.24) is 0 Å². The van der Waals surface area contributed by atoms with E-state index < -0.39 is 0 Å². The van der Waals surface area contributed by atoms with Crippen LogP contribution in [0.15, 0.2) is 0 Å². The van der Waals surface area contributed by atoms with E-state index in [0.29, 0.717) is 6.61 Å². The van der Waals surface area contributed by atoms with Crippen molar-refractivity contribution in [2.24, 2.45) is 11.8 Å². The zero-order chi connectivity index (χ0) is 16.4. The topological polar surface area (TPSA) is 52.6 Å². The molecule has 1 aliphatic rings.